The molecule has 0 saturated carbocycles. The molecule has 1 aliphatic heterocycles. The summed E-state index contributed by atoms with van der Waals surface area (Å²) in [6, 6.07) is 7.55. The lowest BCUT2D eigenvalue weighted by Gasteiger charge is -2.15. The SMILES string of the molecule is Nc1nc(Sc2ccc(Cl)cc2)nc(N2CCCC2)n1. The highest BCUT2D eigenvalue weighted by Crippen LogP contribution is 2.27. The van der Waals surface area contributed by atoms with Crippen LogP contribution < -0.4 is 10.6 Å². The number of benzene rings is 1. The first-order valence-electron chi connectivity index (χ1n) is 6.40. The van der Waals surface area contributed by atoms with Gasteiger partial charge < -0.3 is 10.6 Å². The first kappa shape index (κ1) is 13.5. The minimum Gasteiger partial charge on any atom is -0.368 e. The highest BCUT2D eigenvalue weighted by Gasteiger charge is 2.17. The fraction of sp³-hybridized carbons (Fsp3) is 0.308. The summed E-state index contributed by atoms with van der Waals surface area (Å²) in [6.45, 7) is 1.96. The van der Waals surface area contributed by atoms with Gasteiger partial charge in [-0.05, 0) is 48.9 Å². The lowest BCUT2D eigenvalue weighted by Crippen LogP contribution is -2.21. The maximum atomic E-state index is 5.87. The Morgan fingerprint density at radius 3 is 2.45 bits per heavy atom. The molecule has 0 unspecified atom stereocenters. The van der Waals surface area contributed by atoms with Gasteiger partial charge in [-0.3, -0.25) is 0 Å². The van der Waals surface area contributed by atoms with Crippen LogP contribution in [0, 0.1) is 0 Å². The molecule has 20 heavy (non-hydrogen) atoms. The van der Waals surface area contributed by atoms with Crippen LogP contribution >= 0.6 is 23.4 Å². The maximum absolute atomic E-state index is 5.87. The van der Waals surface area contributed by atoms with Crippen molar-refractivity contribution in [2.75, 3.05) is 23.7 Å². The molecule has 7 heteroatoms. The molecule has 2 heterocycles. The standard InChI is InChI=1S/C13H14ClN5S/c14-9-3-5-10(6-4-9)20-13-17-11(15)16-12(18-13)19-7-1-2-8-19/h3-6H,1-2,7-8H2,(H2,15,16,17,18). The van der Waals surface area contributed by atoms with Gasteiger partial charge >= 0.3 is 0 Å². The number of anilines is 2. The molecule has 1 saturated heterocycles. The van der Waals surface area contributed by atoms with Crippen molar-refractivity contribution in [2.24, 2.45) is 0 Å². The predicted octanol–water partition coefficient (Wildman–Crippen LogP) is 2.86. The van der Waals surface area contributed by atoms with Crippen LogP contribution in [-0.2, 0) is 0 Å². The maximum Gasteiger partial charge on any atom is 0.231 e. The van der Waals surface area contributed by atoms with Crippen LogP contribution in [0.4, 0.5) is 11.9 Å². The molecular formula is C13H14ClN5S. The van der Waals surface area contributed by atoms with E-state index in [0.29, 0.717) is 16.1 Å². The number of aromatic nitrogens is 3. The molecule has 5 nitrogen and oxygen atoms in total. The molecule has 0 radical (unpaired) electrons. The van der Waals surface area contributed by atoms with Crippen molar-refractivity contribution < 1.29 is 0 Å². The molecule has 0 spiro atoms. The zero-order valence-electron chi connectivity index (χ0n) is 10.8. The summed E-state index contributed by atoms with van der Waals surface area (Å²) in [6.07, 6.45) is 2.34. The van der Waals surface area contributed by atoms with Crippen molar-refractivity contribution in [2.45, 2.75) is 22.9 Å². The van der Waals surface area contributed by atoms with E-state index in [1.807, 2.05) is 24.3 Å². The van der Waals surface area contributed by atoms with Crippen LogP contribution in [0.1, 0.15) is 12.8 Å². The molecule has 1 aromatic carbocycles. The Morgan fingerprint density at radius 2 is 1.75 bits per heavy atom. The Bertz CT molecular complexity index is 598. The number of nitrogens with zero attached hydrogens (tertiary/aromatic N) is 4. The Labute approximate surface area is 126 Å². The summed E-state index contributed by atoms with van der Waals surface area (Å²) in [5.74, 6) is 0.935. The van der Waals surface area contributed by atoms with Crippen molar-refractivity contribution >= 4 is 35.3 Å². The second kappa shape index (κ2) is 5.85. The van der Waals surface area contributed by atoms with Crippen molar-refractivity contribution in [3.05, 3.63) is 29.3 Å². The Balaban J connectivity index is 1.83. The van der Waals surface area contributed by atoms with Crippen LogP contribution in [0.5, 0.6) is 0 Å². The molecule has 0 amide bonds. The molecule has 1 aliphatic rings. The number of nitrogens with two attached hydrogens (primary N) is 1. The number of hydrogen-bond donors (Lipinski definition) is 1. The quantitative estimate of drug-likeness (QED) is 0.940. The van der Waals surface area contributed by atoms with Gasteiger partial charge in [0.15, 0.2) is 5.16 Å². The van der Waals surface area contributed by atoms with E-state index < -0.39 is 0 Å². The molecule has 2 N–H and O–H groups in total. The van der Waals surface area contributed by atoms with E-state index in [4.69, 9.17) is 17.3 Å². The summed E-state index contributed by atoms with van der Waals surface area (Å²) in [5.41, 5.74) is 5.78. The topological polar surface area (TPSA) is 67.9 Å². The zero-order chi connectivity index (χ0) is 13.9. The van der Waals surface area contributed by atoms with Crippen molar-refractivity contribution in [1.82, 2.24) is 15.0 Å². The lowest BCUT2D eigenvalue weighted by molar-refractivity contribution is 0.834. The lowest BCUT2D eigenvalue weighted by atomic mass is 10.4. The summed E-state index contributed by atoms with van der Waals surface area (Å²) in [7, 11) is 0. The highest BCUT2D eigenvalue weighted by atomic mass is 35.5. The zero-order valence-corrected chi connectivity index (χ0v) is 12.4. The van der Waals surface area contributed by atoms with E-state index >= 15 is 0 Å². The van der Waals surface area contributed by atoms with Gasteiger partial charge in [-0.15, -0.1) is 0 Å². The van der Waals surface area contributed by atoms with Gasteiger partial charge in [0.2, 0.25) is 11.9 Å². The fourth-order valence-electron chi connectivity index (χ4n) is 2.07. The van der Waals surface area contributed by atoms with Gasteiger partial charge in [-0.2, -0.15) is 15.0 Å². The second-order valence-electron chi connectivity index (χ2n) is 4.53. The van der Waals surface area contributed by atoms with Crippen LogP contribution in [0.25, 0.3) is 0 Å². The first-order valence-corrected chi connectivity index (χ1v) is 7.60. The molecule has 3 rings (SSSR count). The number of halogens is 1. The van der Waals surface area contributed by atoms with Gasteiger partial charge in [0.25, 0.3) is 0 Å². The molecule has 104 valence electrons. The average Bonchev–Trinajstić information content (AvgIpc) is 2.95. The average molecular weight is 308 g/mol. The minimum absolute atomic E-state index is 0.262. The largest absolute Gasteiger partial charge is 0.368 e. The van der Waals surface area contributed by atoms with E-state index in [2.05, 4.69) is 19.9 Å². The Kier molecular flexibility index (Phi) is 3.93. The second-order valence-corrected chi connectivity index (χ2v) is 6.00. The first-order chi connectivity index (χ1) is 9.70. The van der Waals surface area contributed by atoms with Gasteiger partial charge in [-0.25, -0.2) is 0 Å². The Morgan fingerprint density at radius 1 is 1.05 bits per heavy atom. The van der Waals surface area contributed by atoms with Gasteiger partial charge in [-0.1, -0.05) is 11.6 Å². The Hall–Kier alpha value is -1.53. The fourth-order valence-corrected chi connectivity index (χ4v) is 2.95. The van der Waals surface area contributed by atoms with Crippen molar-refractivity contribution in [1.29, 1.82) is 0 Å². The van der Waals surface area contributed by atoms with Crippen LogP contribution in [-0.4, -0.2) is 28.0 Å². The number of rotatable bonds is 3. The summed E-state index contributed by atoms with van der Waals surface area (Å²) in [5, 5.41) is 1.32. The van der Waals surface area contributed by atoms with E-state index in [1.54, 1.807) is 0 Å². The molecule has 1 aromatic heterocycles. The van der Waals surface area contributed by atoms with Crippen molar-refractivity contribution in [3.8, 4) is 0 Å². The third kappa shape index (κ3) is 3.13. The van der Waals surface area contributed by atoms with Gasteiger partial charge in [0.1, 0.15) is 0 Å². The highest BCUT2D eigenvalue weighted by molar-refractivity contribution is 7.99. The van der Waals surface area contributed by atoms with Crippen molar-refractivity contribution in [3.63, 3.8) is 0 Å². The molecule has 0 bridgehead atoms. The normalized spacial score (nSPS) is 14.8. The van der Waals surface area contributed by atoms with E-state index in [0.717, 1.165) is 18.0 Å². The number of hydrogen-bond acceptors (Lipinski definition) is 6. The summed E-state index contributed by atoms with van der Waals surface area (Å²) < 4.78 is 0. The summed E-state index contributed by atoms with van der Waals surface area (Å²) in [4.78, 5) is 16.1. The molecule has 0 atom stereocenters. The van der Waals surface area contributed by atoms with E-state index in [1.165, 1.54) is 24.6 Å². The van der Waals surface area contributed by atoms with Crippen LogP contribution in [0.15, 0.2) is 34.3 Å². The van der Waals surface area contributed by atoms with Gasteiger partial charge in [0, 0.05) is 23.0 Å². The number of nitrogen functional groups attached to an aromatic ring is 1. The van der Waals surface area contributed by atoms with Gasteiger partial charge in [0.05, 0.1) is 0 Å². The third-order valence-corrected chi connectivity index (χ3v) is 4.16. The molecule has 1 fully saturated rings. The minimum atomic E-state index is 0.262. The smallest absolute Gasteiger partial charge is 0.231 e. The molecular weight excluding hydrogens is 294 g/mol. The predicted molar refractivity (Wildman–Crippen MR) is 81.3 cm³/mol. The van der Waals surface area contributed by atoms with E-state index in [-0.39, 0.29) is 5.95 Å². The molecule has 0 aliphatic carbocycles. The third-order valence-electron chi connectivity index (χ3n) is 3.03. The van der Waals surface area contributed by atoms with Crippen LogP contribution in [0.2, 0.25) is 5.02 Å². The van der Waals surface area contributed by atoms with E-state index in [9.17, 15) is 0 Å². The van der Waals surface area contributed by atoms with Crippen LogP contribution in [0.3, 0.4) is 0 Å². The monoisotopic (exact) mass is 307 g/mol. The summed E-state index contributed by atoms with van der Waals surface area (Å²) >= 11 is 7.33. The molecule has 2 aromatic rings.